The molecule has 0 fully saturated rings. The Morgan fingerprint density at radius 2 is 2.00 bits per heavy atom. The molecule has 3 N–H and O–H groups in total. The van der Waals surface area contributed by atoms with Gasteiger partial charge in [0.1, 0.15) is 0 Å². The molecule has 0 aliphatic rings. The maximum absolute atomic E-state index is 10.5. The van der Waals surface area contributed by atoms with E-state index in [0.717, 1.165) is 0 Å². The summed E-state index contributed by atoms with van der Waals surface area (Å²) in [6.45, 7) is 3.64. The minimum atomic E-state index is -3.63. The molecule has 0 aliphatic carbocycles. The number of rotatable bonds is 4. The number of nitrogens with one attached hydrogen (secondary N) is 1. The zero-order valence-electron chi connectivity index (χ0n) is 6.92. The van der Waals surface area contributed by atoms with Gasteiger partial charge < -0.3 is 4.74 Å². The van der Waals surface area contributed by atoms with Crippen LogP contribution in [0.1, 0.15) is 13.8 Å². The first kappa shape index (κ1) is 10.8. The molecule has 0 aromatic heterocycles. The van der Waals surface area contributed by atoms with E-state index in [1.807, 2.05) is 0 Å². The summed E-state index contributed by atoms with van der Waals surface area (Å²) in [5, 5.41) is 4.76. The molecule has 0 saturated heterocycles. The first-order valence-corrected chi connectivity index (χ1v) is 4.62. The molecule has 11 heavy (non-hydrogen) atoms. The number of methoxy groups -OCH3 is 1. The van der Waals surface area contributed by atoms with Crippen molar-refractivity contribution >= 4 is 10.2 Å². The Hall–Kier alpha value is -0.170. The lowest BCUT2D eigenvalue weighted by Crippen LogP contribution is -2.49. The minimum absolute atomic E-state index is 0.281. The molecule has 0 atom stereocenters. The number of ether oxygens (including phenoxy) is 1. The van der Waals surface area contributed by atoms with Gasteiger partial charge in [-0.2, -0.15) is 13.1 Å². The van der Waals surface area contributed by atoms with E-state index in [4.69, 9.17) is 9.88 Å². The zero-order chi connectivity index (χ0) is 9.12. The van der Waals surface area contributed by atoms with E-state index < -0.39 is 15.7 Å². The molecule has 0 unspecified atom stereocenters. The third-order valence-electron chi connectivity index (χ3n) is 0.924. The molecule has 0 aromatic rings. The predicted molar refractivity (Wildman–Crippen MR) is 42.2 cm³/mol. The second kappa shape index (κ2) is 3.48. The van der Waals surface area contributed by atoms with Gasteiger partial charge in [0.25, 0.3) is 10.2 Å². The van der Waals surface area contributed by atoms with Gasteiger partial charge in [0, 0.05) is 7.11 Å². The number of nitrogens with two attached hydrogens (primary N) is 1. The largest absolute Gasteiger partial charge is 0.383 e. The fourth-order valence-corrected chi connectivity index (χ4v) is 1.60. The van der Waals surface area contributed by atoms with Gasteiger partial charge in [-0.25, -0.2) is 5.14 Å². The van der Waals surface area contributed by atoms with E-state index in [0.29, 0.717) is 0 Å². The molecule has 5 nitrogen and oxygen atoms in total. The van der Waals surface area contributed by atoms with E-state index in [9.17, 15) is 8.42 Å². The lowest BCUT2D eigenvalue weighted by molar-refractivity contribution is 0.141. The molecular formula is C5H14N2O3S. The molecule has 0 aliphatic heterocycles. The molecule has 68 valence electrons. The fraction of sp³-hybridized carbons (Fsp3) is 1.00. The highest BCUT2D eigenvalue weighted by atomic mass is 32.2. The van der Waals surface area contributed by atoms with Crippen molar-refractivity contribution in [1.82, 2.24) is 4.72 Å². The van der Waals surface area contributed by atoms with Crippen molar-refractivity contribution in [2.24, 2.45) is 5.14 Å². The Morgan fingerprint density at radius 1 is 1.55 bits per heavy atom. The Bertz CT molecular complexity index is 210. The molecule has 0 spiro atoms. The fourth-order valence-electron chi connectivity index (χ4n) is 0.775. The van der Waals surface area contributed by atoms with Gasteiger partial charge in [0.15, 0.2) is 0 Å². The van der Waals surface area contributed by atoms with E-state index in [2.05, 4.69) is 4.72 Å². The van der Waals surface area contributed by atoms with Gasteiger partial charge >= 0.3 is 0 Å². The van der Waals surface area contributed by atoms with Crippen LogP contribution in [0, 0.1) is 0 Å². The third kappa shape index (κ3) is 6.24. The van der Waals surface area contributed by atoms with Gasteiger partial charge in [-0.3, -0.25) is 0 Å². The maximum atomic E-state index is 10.5. The van der Waals surface area contributed by atoms with Crippen molar-refractivity contribution in [2.45, 2.75) is 19.4 Å². The molecule has 0 saturated carbocycles. The van der Waals surface area contributed by atoms with Crippen LogP contribution in [-0.4, -0.2) is 27.7 Å². The van der Waals surface area contributed by atoms with E-state index in [1.165, 1.54) is 7.11 Å². The van der Waals surface area contributed by atoms with Crippen LogP contribution < -0.4 is 9.86 Å². The van der Waals surface area contributed by atoms with Crippen LogP contribution in [0.4, 0.5) is 0 Å². The summed E-state index contributed by atoms with van der Waals surface area (Å²) in [7, 11) is -2.14. The summed E-state index contributed by atoms with van der Waals surface area (Å²) in [5.74, 6) is 0. The molecule has 0 amide bonds. The summed E-state index contributed by atoms with van der Waals surface area (Å²) in [6, 6.07) is 0. The van der Waals surface area contributed by atoms with Gasteiger partial charge in [-0.15, -0.1) is 0 Å². The van der Waals surface area contributed by atoms with Crippen LogP contribution in [0.15, 0.2) is 0 Å². The second-order valence-corrected chi connectivity index (χ2v) is 4.26. The lowest BCUT2D eigenvalue weighted by atomic mass is 10.1. The number of hydrogen-bond donors (Lipinski definition) is 2. The molecule has 0 aromatic carbocycles. The second-order valence-electron chi connectivity index (χ2n) is 2.96. The van der Waals surface area contributed by atoms with Gasteiger partial charge in [0.2, 0.25) is 0 Å². The predicted octanol–water partition coefficient (Wildman–Crippen LogP) is -0.795. The van der Waals surface area contributed by atoms with Gasteiger partial charge in [-0.1, -0.05) is 0 Å². The third-order valence-corrected chi connectivity index (χ3v) is 1.76. The maximum Gasteiger partial charge on any atom is 0.274 e. The summed E-state index contributed by atoms with van der Waals surface area (Å²) in [5.41, 5.74) is -0.650. The van der Waals surface area contributed by atoms with E-state index in [-0.39, 0.29) is 6.61 Å². The van der Waals surface area contributed by atoms with Crippen LogP contribution in [-0.2, 0) is 14.9 Å². The SMILES string of the molecule is COCC(C)(C)NS(N)(=O)=O. The average Bonchev–Trinajstić information content (AvgIpc) is 1.55. The summed E-state index contributed by atoms with van der Waals surface area (Å²) in [4.78, 5) is 0. The first-order valence-electron chi connectivity index (χ1n) is 3.07. The minimum Gasteiger partial charge on any atom is -0.383 e. The molecular weight excluding hydrogens is 168 g/mol. The highest BCUT2D eigenvalue weighted by molar-refractivity contribution is 7.87. The summed E-state index contributed by atoms with van der Waals surface area (Å²) < 4.78 is 28.1. The van der Waals surface area contributed by atoms with Crippen molar-refractivity contribution < 1.29 is 13.2 Å². The van der Waals surface area contributed by atoms with Crippen molar-refractivity contribution in [2.75, 3.05) is 13.7 Å². The van der Waals surface area contributed by atoms with Gasteiger partial charge in [-0.05, 0) is 13.8 Å². The van der Waals surface area contributed by atoms with Crippen molar-refractivity contribution in [3.8, 4) is 0 Å². The highest BCUT2D eigenvalue weighted by Crippen LogP contribution is 2.02. The molecule has 0 heterocycles. The van der Waals surface area contributed by atoms with Crippen molar-refractivity contribution in [3.05, 3.63) is 0 Å². The van der Waals surface area contributed by atoms with Gasteiger partial charge in [0.05, 0.1) is 12.1 Å². The monoisotopic (exact) mass is 182 g/mol. The summed E-state index contributed by atoms with van der Waals surface area (Å²) in [6.07, 6.45) is 0. The Kier molecular flexibility index (Phi) is 3.43. The Labute approximate surface area is 67.1 Å². The van der Waals surface area contributed by atoms with Crippen molar-refractivity contribution in [1.29, 1.82) is 0 Å². The normalized spacial score (nSPS) is 13.5. The first-order chi connectivity index (χ1) is 4.77. The standard InChI is InChI=1S/C5H14N2O3S/c1-5(2,4-10-3)7-11(6,8)9/h7H,4H2,1-3H3,(H2,6,8,9). The zero-order valence-corrected chi connectivity index (χ0v) is 7.73. The molecule has 0 radical (unpaired) electrons. The van der Waals surface area contributed by atoms with Crippen molar-refractivity contribution in [3.63, 3.8) is 0 Å². The quantitative estimate of drug-likeness (QED) is 0.597. The van der Waals surface area contributed by atoms with Crippen LogP contribution in [0.25, 0.3) is 0 Å². The van der Waals surface area contributed by atoms with Crippen LogP contribution in [0.3, 0.4) is 0 Å². The molecule has 6 heteroatoms. The smallest absolute Gasteiger partial charge is 0.274 e. The topological polar surface area (TPSA) is 81.4 Å². The number of hydrogen-bond acceptors (Lipinski definition) is 3. The average molecular weight is 182 g/mol. The lowest BCUT2D eigenvalue weighted by Gasteiger charge is -2.23. The van der Waals surface area contributed by atoms with Crippen LogP contribution in [0.2, 0.25) is 0 Å². The Morgan fingerprint density at radius 3 is 2.27 bits per heavy atom. The van der Waals surface area contributed by atoms with E-state index >= 15 is 0 Å². The Balaban J connectivity index is 4.13. The summed E-state index contributed by atoms with van der Waals surface area (Å²) >= 11 is 0. The molecule has 0 rings (SSSR count). The van der Waals surface area contributed by atoms with Crippen LogP contribution in [0.5, 0.6) is 0 Å². The highest BCUT2D eigenvalue weighted by Gasteiger charge is 2.21. The van der Waals surface area contributed by atoms with E-state index in [1.54, 1.807) is 13.8 Å². The molecule has 0 bridgehead atoms. The van der Waals surface area contributed by atoms with Crippen LogP contribution >= 0.6 is 0 Å².